The molecule has 0 aliphatic heterocycles. The number of para-hydroxylation sites is 1. The van der Waals surface area contributed by atoms with Gasteiger partial charge in [0.15, 0.2) is 0 Å². The van der Waals surface area contributed by atoms with E-state index in [2.05, 4.69) is 10.6 Å². The lowest BCUT2D eigenvalue weighted by Gasteiger charge is -2.09. The zero-order valence-electron chi connectivity index (χ0n) is 10.7. The molecular formula is C14H14Cl2N2O2. The average Bonchev–Trinajstić information content (AvgIpc) is 2.92. The molecule has 0 unspecified atom stereocenters. The van der Waals surface area contributed by atoms with E-state index in [1.54, 1.807) is 24.5 Å². The number of hydrogen-bond donors (Lipinski definition) is 2. The molecule has 0 saturated carbocycles. The summed E-state index contributed by atoms with van der Waals surface area (Å²) in [6.07, 6.45) is 1.94. The van der Waals surface area contributed by atoms with Crippen molar-refractivity contribution in [2.75, 3.05) is 11.9 Å². The van der Waals surface area contributed by atoms with Crippen LogP contribution in [0.15, 0.2) is 41.0 Å². The van der Waals surface area contributed by atoms with Gasteiger partial charge in [-0.15, -0.1) is 0 Å². The second kappa shape index (κ2) is 7.33. The van der Waals surface area contributed by atoms with Crippen molar-refractivity contribution >= 4 is 34.8 Å². The van der Waals surface area contributed by atoms with Crippen LogP contribution in [0.2, 0.25) is 10.0 Å². The van der Waals surface area contributed by atoms with Crippen LogP contribution in [0.1, 0.15) is 12.2 Å². The summed E-state index contributed by atoms with van der Waals surface area (Å²) in [5.41, 5.74) is 0.451. The van der Waals surface area contributed by atoms with Crippen molar-refractivity contribution in [3.8, 4) is 0 Å². The summed E-state index contributed by atoms with van der Waals surface area (Å²) < 4.78 is 5.17. The maximum atomic E-state index is 11.8. The maximum Gasteiger partial charge on any atom is 0.225 e. The SMILES string of the molecule is O=C(CCNCc1ccco1)Nc1c(Cl)cccc1Cl. The van der Waals surface area contributed by atoms with Crippen molar-refractivity contribution in [3.63, 3.8) is 0 Å². The van der Waals surface area contributed by atoms with Crippen molar-refractivity contribution in [3.05, 3.63) is 52.4 Å². The first-order chi connectivity index (χ1) is 9.66. The first-order valence-electron chi connectivity index (χ1n) is 6.14. The maximum absolute atomic E-state index is 11.8. The predicted octanol–water partition coefficient (Wildman–Crippen LogP) is 3.70. The standard InChI is InChI=1S/C14H14Cl2N2O2/c15-11-4-1-5-12(16)14(11)18-13(19)6-7-17-9-10-3-2-8-20-10/h1-5,8,17H,6-7,9H2,(H,18,19). The van der Waals surface area contributed by atoms with Crippen molar-refractivity contribution in [1.29, 1.82) is 0 Å². The molecule has 0 atom stereocenters. The Balaban J connectivity index is 1.75. The fourth-order valence-electron chi connectivity index (χ4n) is 1.65. The van der Waals surface area contributed by atoms with Crippen LogP contribution in [-0.4, -0.2) is 12.5 Å². The van der Waals surface area contributed by atoms with Gasteiger partial charge in [-0.3, -0.25) is 4.79 Å². The first-order valence-corrected chi connectivity index (χ1v) is 6.89. The molecule has 2 aromatic rings. The van der Waals surface area contributed by atoms with E-state index in [1.807, 2.05) is 12.1 Å². The van der Waals surface area contributed by atoms with Crippen molar-refractivity contribution < 1.29 is 9.21 Å². The minimum Gasteiger partial charge on any atom is -0.468 e. The van der Waals surface area contributed by atoms with Crippen LogP contribution in [0.3, 0.4) is 0 Å². The summed E-state index contributed by atoms with van der Waals surface area (Å²) in [6.45, 7) is 1.13. The van der Waals surface area contributed by atoms with E-state index in [-0.39, 0.29) is 5.91 Å². The van der Waals surface area contributed by atoms with Crippen LogP contribution in [0.4, 0.5) is 5.69 Å². The third-order valence-electron chi connectivity index (χ3n) is 2.64. The fourth-order valence-corrected chi connectivity index (χ4v) is 2.14. The molecule has 0 saturated heterocycles. The molecule has 4 nitrogen and oxygen atoms in total. The quantitative estimate of drug-likeness (QED) is 0.800. The molecule has 106 valence electrons. The Morgan fingerprint density at radius 2 is 1.90 bits per heavy atom. The Morgan fingerprint density at radius 3 is 2.55 bits per heavy atom. The van der Waals surface area contributed by atoms with Crippen LogP contribution in [0.5, 0.6) is 0 Å². The Kier molecular flexibility index (Phi) is 5.47. The molecule has 1 aromatic heterocycles. The van der Waals surface area contributed by atoms with Crippen LogP contribution < -0.4 is 10.6 Å². The van der Waals surface area contributed by atoms with Crippen molar-refractivity contribution in [1.82, 2.24) is 5.32 Å². The number of carbonyl (C=O) groups excluding carboxylic acids is 1. The Bertz CT molecular complexity index is 550. The zero-order chi connectivity index (χ0) is 14.4. The first kappa shape index (κ1) is 14.9. The van der Waals surface area contributed by atoms with Crippen molar-refractivity contribution in [2.24, 2.45) is 0 Å². The molecule has 1 heterocycles. The van der Waals surface area contributed by atoms with Gasteiger partial charge in [-0.1, -0.05) is 29.3 Å². The Hall–Kier alpha value is -1.49. The number of furan rings is 1. The van der Waals surface area contributed by atoms with Crippen molar-refractivity contribution in [2.45, 2.75) is 13.0 Å². The van der Waals surface area contributed by atoms with Gasteiger partial charge in [0.05, 0.1) is 28.5 Å². The summed E-state index contributed by atoms with van der Waals surface area (Å²) in [5, 5.41) is 6.67. The molecule has 2 rings (SSSR count). The number of benzene rings is 1. The molecule has 0 spiro atoms. The van der Waals surface area contributed by atoms with Crippen LogP contribution in [-0.2, 0) is 11.3 Å². The molecule has 6 heteroatoms. The van der Waals surface area contributed by atoms with E-state index in [1.165, 1.54) is 0 Å². The number of halogens is 2. The molecule has 0 fully saturated rings. The van der Waals surface area contributed by atoms with E-state index in [9.17, 15) is 4.79 Å². The molecule has 1 aromatic carbocycles. The van der Waals surface area contributed by atoms with Gasteiger partial charge >= 0.3 is 0 Å². The topological polar surface area (TPSA) is 54.3 Å². The van der Waals surface area contributed by atoms with Gasteiger partial charge in [0.25, 0.3) is 0 Å². The largest absolute Gasteiger partial charge is 0.468 e. The minimum atomic E-state index is -0.146. The number of carbonyl (C=O) groups is 1. The summed E-state index contributed by atoms with van der Waals surface area (Å²) in [6, 6.07) is 8.78. The molecule has 20 heavy (non-hydrogen) atoms. The van der Waals surface area contributed by atoms with Gasteiger partial charge in [0.2, 0.25) is 5.91 Å². The number of rotatable bonds is 6. The average molecular weight is 313 g/mol. The van der Waals surface area contributed by atoms with E-state index in [0.29, 0.717) is 35.2 Å². The van der Waals surface area contributed by atoms with Gasteiger partial charge < -0.3 is 15.1 Å². The molecular weight excluding hydrogens is 299 g/mol. The second-order valence-electron chi connectivity index (χ2n) is 4.15. The third-order valence-corrected chi connectivity index (χ3v) is 3.27. The highest BCUT2D eigenvalue weighted by molar-refractivity contribution is 6.39. The number of hydrogen-bond acceptors (Lipinski definition) is 3. The smallest absolute Gasteiger partial charge is 0.225 e. The lowest BCUT2D eigenvalue weighted by Crippen LogP contribution is -2.21. The summed E-state index contributed by atoms with van der Waals surface area (Å²) >= 11 is 12.0. The number of amides is 1. The number of anilines is 1. The lowest BCUT2D eigenvalue weighted by molar-refractivity contribution is -0.116. The van der Waals surface area contributed by atoms with Gasteiger partial charge in [-0.25, -0.2) is 0 Å². The van der Waals surface area contributed by atoms with E-state index < -0.39 is 0 Å². The van der Waals surface area contributed by atoms with Gasteiger partial charge in [0, 0.05) is 13.0 Å². The molecule has 0 aliphatic carbocycles. The van der Waals surface area contributed by atoms with E-state index in [0.717, 1.165) is 5.76 Å². The highest BCUT2D eigenvalue weighted by Crippen LogP contribution is 2.29. The van der Waals surface area contributed by atoms with Crippen LogP contribution in [0.25, 0.3) is 0 Å². The Labute approximate surface area is 127 Å². The molecule has 2 N–H and O–H groups in total. The molecule has 0 radical (unpaired) electrons. The van der Waals surface area contributed by atoms with E-state index >= 15 is 0 Å². The highest BCUT2D eigenvalue weighted by Gasteiger charge is 2.09. The third kappa shape index (κ3) is 4.27. The molecule has 0 aliphatic rings. The molecule has 1 amide bonds. The predicted molar refractivity (Wildman–Crippen MR) is 80.1 cm³/mol. The summed E-state index contributed by atoms with van der Waals surface area (Å²) in [4.78, 5) is 11.8. The normalized spacial score (nSPS) is 10.5. The minimum absolute atomic E-state index is 0.146. The molecule has 0 bridgehead atoms. The lowest BCUT2D eigenvalue weighted by atomic mass is 10.3. The fraction of sp³-hybridized carbons (Fsp3) is 0.214. The highest BCUT2D eigenvalue weighted by atomic mass is 35.5. The number of nitrogens with one attached hydrogen (secondary N) is 2. The summed E-state index contributed by atoms with van der Waals surface area (Å²) in [7, 11) is 0. The second-order valence-corrected chi connectivity index (χ2v) is 4.97. The summed E-state index contributed by atoms with van der Waals surface area (Å²) in [5.74, 6) is 0.687. The zero-order valence-corrected chi connectivity index (χ0v) is 12.2. The Morgan fingerprint density at radius 1 is 1.15 bits per heavy atom. The van der Waals surface area contributed by atoms with Gasteiger partial charge in [0.1, 0.15) is 5.76 Å². The van der Waals surface area contributed by atoms with Gasteiger partial charge in [-0.05, 0) is 24.3 Å². The van der Waals surface area contributed by atoms with Crippen LogP contribution in [0, 0.1) is 0 Å². The van der Waals surface area contributed by atoms with Gasteiger partial charge in [-0.2, -0.15) is 0 Å². The monoisotopic (exact) mass is 312 g/mol. The van der Waals surface area contributed by atoms with Crippen LogP contribution >= 0.6 is 23.2 Å². The van der Waals surface area contributed by atoms with E-state index in [4.69, 9.17) is 27.6 Å².